The van der Waals surface area contributed by atoms with E-state index in [1.54, 1.807) is 0 Å². The van der Waals surface area contributed by atoms with Gasteiger partial charge >= 0.3 is 7.60 Å². The lowest BCUT2D eigenvalue weighted by molar-refractivity contribution is -0.875. The van der Waals surface area contributed by atoms with Crippen molar-refractivity contribution in [3.05, 3.63) is 24.3 Å². The average Bonchev–Trinajstić information content (AvgIpc) is 2.73. The second-order valence-electron chi connectivity index (χ2n) is 11.1. The highest BCUT2D eigenvalue weighted by Crippen LogP contribution is 2.52. The van der Waals surface area contributed by atoms with Gasteiger partial charge in [-0.3, -0.25) is 4.57 Å². The van der Waals surface area contributed by atoms with Crippen molar-refractivity contribution in [3.8, 4) is 0 Å². The van der Waals surface area contributed by atoms with Crippen molar-refractivity contribution in [2.45, 2.75) is 128 Å². The molecule has 1 atom stereocenters. The fourth-order valence-electron chi connectivity index (χ4n) is 4.30. The van der Waals surface area contributed by atoms with Gasteiger partial charge in [-0.15, -0.1) is 0 Å². The maximum absolute atomic E-state index is 11.8. The van der Waals surface area contributed by atoms with E-state index >= 15 is 0 Å². The van der Waals surface area contributed by atoms with Gasteiger partial charge in [0.2, 0.25) is 5.34 Å². The van der Waals surface area contributed by atoms with Crippen molar-refractivity contribution >= 4 is 7.60 Å². The van der Waals surface area contributed by atoms with Crippen LogP contribution in [-0.4, -0.2) is 52.4 Å². The van der Waals surface area contributed by atoms with Crippen LogP contribution in [0.15, 0.2) is 24.3 Å². The molecule has 0 amide bonds. The molecule has 0 saturated carbocycles. The summed E-state index contributed by atoms with van der Waals surface area (Å²) in [5.74, 6) is 0. The van der Waals surface area contributed by atoms with E-state index in [2.05, 4.69) is 31.2 Å². The number of quaternary nitrogens is 1. The molecule has 0 aliphatic carbocycles. The predicted molar refractivity (Wildman–Crippen MR) is 147 cm³/mol. The van der Waals surface area contributed by atoms with Crippen LogP contribution < -0.4 is 0 Å². The van der Waals surface area contributed by atoms with Crippen LogP contribution in [-0.2, 0) is 4.57 Å². The number of hydrogen-bond acceptors (Lipinski definition) is 2. The highest BCUT2D eigenvalue weighted by Gasteiger charge is 2.48. The summed E-state index contributed by atoms with van der Waals surface area (Å²) in [5, 5.41) is 8.64. The molecule has 202 valence electrons. The Morgan fingerprint density at radius 1 is 0.647 bits per heavy atom. The Kier molecular flexibility index (Phi) is 19.4. The van der Waals surface area contributed by atoms with Crippen molar-refractivity contribution in [2.24, 2.45) is 0 Å². The Morgan fingerprint density at radius 2 is 1.00 bits per heavy atom. The molecule has 0 spiro atoms. The summed E-state index contributed by atoms with van der Waals surface area (Å²) < 4.78 is 12.1. The van der Waals surface area contributed by atoms with Crippen molar-refractivity contribution < 1.29 is 23.9 Å². The van der Waals surface area contributed by atoms with E-state index in [0.29, 0.717) is 10.9 Å². The third kappa shape index (κ3) is 19.8. The lowest BCUT2D eigenvalue weighted by Gasteiger charge is -2.35. The molecule has 0 saturated heterocycles. The van der Waals surface area contributed by atoms with Crippen LogP contribution in [0.5, 0.6) is 0 Å². The number of aliphatic hydroxyl groups is 1. The molecular weight excluding hydrogens is 445 g/mol. The fraction of sp³-hybridized carbons (Fsp3) is 0.857. The van der Waals surface area contributed by atoms with Gasteiger partial charge in [-0.2, -0.15) is 0 Å². The molecule has 0 radical (unpaired) electrons. The highest BCUT2D eigenvalue weighted by atomic mass is 31.2. The smallest absolute Gasteiger partial charge is 0.362 e. The second-order valence-corrected chi connectivity index (χ2v) is 13.0. The number of allylic oxidation sites excluding steroid dienone is 4. The van der Waals surface area contributed by atoms with Gasteiger partial charge in [0.05, 0.1) is 21.1 Å². The molecule has 0 aromatic heterocycles. The first-order valence-electron chi connectivity index (χ1n) is 13.9. The van der Waals surface area contributed by atoms with Crippen LogP contribution >= 0.6 is 7.60 Å². The van der Waals surface area contributed by atoms with Gasteiger partial charge in [0.15, 0.2) is 0 Å². The van der Waals surface area contributed by atoms with Crippen molar-refractivity contribution in [3.63, 3.8) is 0 Å². The zero-order valence-electron chi connectivity index (χ0n) is 22.9. The predicted octanol–water partition coefficient (Wildman–Crippen LogP) is 7.71. The van der Waals surface area contributed by atoms with Gasteiger partial charge in [-0.05, 0) is 57.8 Å². The summed E-state index contributed by atoms with van der Waals surface area (Å²) in [6.07, 6.45) is 29.8. The van der Waals surface area contributed by atoms with Crippen LogP contribution in [0, 0.1) is 0 Å². The largest absolute Gasteiger partial charge is 0.373 e. The summed E-state index contributed by atoms with van der Waals surface area (Å²) >= 11 is 0. The fourth-order valence-corrected chi connectivity index (χ4v) is 5.36. The standard InChI is InChI=1S/C28H56NO4P/c1-5-6-7-8-9-10-11-12-13-14-15-16-17-18-19-20-21-22-23-24-25-26-28(30,34(31,32)33)27-29(2,3)4/h8-9,16-17,30H,5-7,10-15,18-27H2,1-4H3,(H-,31,32,33)/p+1/b9-8-,17-16-. The SMILES string of the molecule is CCCC/C=C\CCCCCC/C=C\CCCCCCCCCC(O)(C[N+](C)(C)C)P(=O)(O)O. The monoisotopic (exact) mass is 502 g/mol. The summed E-state index contributed by atoms with van der Waals surface area (Å²) in [6, 6.07) is 0. The van der Waals surface area contributed by atoms with Crippen LogP contribution in [0.4, 0.5) is 0 Å². The Balaban J connectivity index is 3.59. The maximum Gasteiger partial charge on any atom is 0.362 e. The first-order chi connectivity index (χ1) is 16.0. The van der Waals surface area contributed by atoms with Gasteiger partial charge in [0.25, 0.3) is 0 Å². The van der Waals surface area contributed by atoms with Crippen molar-refractivity contribution in [2.75, 3.05) is 27.7 Å². The summed E-state index contributed by atoms with van der Waals surface area (Å²) in [6.45, 7) is 2.30. The molecular formula is C28H57NO4P+. The number of rotatable bonds is 23. The van der Waals surface area contributed by atoms with E-state index in [1.807, 2.05) is 21.1 Å². The Labute approximate surface area is 211 Å². The molecule has 6 heteroatoms. The first-order valence-corrected chi connectivity index (χ1v) is 15.5. The van der Waals surface area contributed by atoms with Gasteiger partial charge in [0.1, 0.15) is 6.54 Å². The number of unbranched alkanes of at least 4 members (excludes halogenated alkanes) is 14. The molecule has 0 rings (SSSR count). The average molecular weight is 503 g/mol. The zero-order chi connectivity index (χ0) is 25.8. The van der Waals surface area contributed by atoms with Crippen LogP contribution in [0.3, 0.4) is 0 Å². The summed E-state index contributed by atoms with van der Waals surface area (Å²) in [7, 11) is 0.968. The molecule has 0 bridgehead atoms. The van der Waals surface area contributed by atoms with E-state index < -0.39 is 12.9 Å². The van der Waals surface area contributed by atoms with Gasteiger partial charge in [0, 0.05) is 0 Å². The summed E-state index contributed by atoms with van der Waals surface area (Å²) in [4.78, 5) is 19.2. The number of nitrogens with zero attached hydrogens (tertiary/aromatic N) is 1. The van der Waals surface area contributed by atoms with E-state index in [1.165, 1.54) is 83.5 Å². The highest BCUT2D eigenvalue weighted by molar-refractivity contribution is 7.53. The first kappa shape index (κ1) is 33.5. The van der Waals surface area contributed by atoms with E-state index in [-0.39, 0.29) is 13.0 Å². The Hall–Kier alpha value is -0.450. The third-order valence-electron chi connectivity index (χ3n) is 6.27. The normalized spacial score (nSPS) is 14.9. The molecule has 0 heterocycles. The third-order valence-corrected chi connectivity index (χ3v) is 7.72. The lowest BCUT2D eigenvalue weighted by atomic mass is 10.0. The van der Waals surface area contributed by atoms with Crippen molar-refractivity contribution in [1.82, 2.24) is 0 Å². The molecule has 34 heavy (non-hydrogen) atoms. The molecule has 3 N–H and O–H groups in total. The Morgan fingerprint density at radius 3 is 1.35 bits per heavy atom. The lowest BCUT2D eigenvalue weighted by Crippen LogP contribution is -2.49. The molecule has 0 aromatic carbocycles. The quantitative estimate of drug-likeness (QED) is 0.0578. The minimum atomic E-state index is -4.55. The number of likely N-dealkylation sites (N-methyl/N-ethyl adjacent to an activating group) is 1. The van der Waals surface area contributed by atoms with E-state index in [4.69, 9.17) is 0 Å². The van der Waals surface area contributed by atoms with Gasteiger partial charge in [-0.25, -0.2) is 0 Å². The van der Waals surface area contributed by atoms with E-state index in [0.717, 1.165) is 19.3 Å². The van der Waals surface area contributed by atoms with Gasteiger partial charge < -0.3 is 19.4 Å². The van der Waals surface area contributed by atoms with Crippen LogP contribution in [0.25, 0.3) is 0 Å². The van der Waals surface area contributed by atoms with Crippen molar-refractivity contribution in [1.29, 1.82) is 0 Å². The molecule has 0 aromatic rings. The topological polar surface area (TPSA) is 77.8 Å². The molecule has 0 aliphatic rings. The van der Waals surface area contributed by atoms with Gasteiger partial charge in [-0.1, -0.05) is 89.0 Å². The maximum atomic E-state index is 11.8. The number of hydrogen-bond donors (Lipinski definition) is 3. The molecule has 0 fully saturated rings. The Bertz CT molecular complexity index is 579. The second kappa shape index (κ2) is 19.7. The summed E-state index contributed by atoms with van der Waals surface area (Å²) in [5.41, 5.74) is 0. The minimum absolute atomic E-state index is 0.0571. The van der Waals surface area contributed by atoms with Crippen LogP contribution in [0.1, 0.15) is 122 Å². The minimum Gasteiger partial charge on any atom is -0.373 e. The zero-order valence-corrected chi connectivity index (χ0v) is 23.8. The molecule has 5 nitrogen and oxygen atoms in total. The van der Waals surface area contributed by atoms with Crippen LogP contribution in [0.2, 0.25) is 0 Å². The van der Waals surface area contributed by atoms with E-state index in [9.17, 15) is 19.5 Å². The molecule has 1 unspecified atom stereocenters. The molecule has 0 aliphatic heterocycles.